The Labute approximate surface area is 85.3 Å². The number of ketones is 1. The maximum absolute atomic E-state index is 11.2. The van der Waals surface area contributed by atoms with Crippen molar-refractivity contribution in [2.45, 2.75) is 13.8 Å². The van der Waals surface area contributed by atoms with Gasteiger partial charge in [-0.3, -0.25) is 4.79 Å². The normalized spacial score (nSPS) is 9.92. The molecule has 0 heterocycles. The van der Waals surface area contributed by atoms with Gasteiger partial charge in [0.15, 0.2) is 5.78 Å². The van der Waals surface area contributed by atoms with Crippen molar-refractivity contribution in [2.75, 3.05) is 5.73 Å². The fraction of sp³-hybridized carbons (Fsp3) is 0.222. The summed E-state index contributed by atoms with van der Waals surface area (Å²) in [6.45, 7) is 3.47. The van der Waals surface area contributed by atoms with E-state index in [1.165, 1.54) is 0 Å². The molecule has 0 fully saturated rings. The first-order valence-electron chi connectivity index (χ1n) is 3.59. The van der Waals surface area contributed by atoms with Gasteiger partial charge in [0.1, 0.15) is 0 Å². The van der Waals surface area contributed by atoms with Crippen LogP contribution >= 0.6 is 22.6 Å². The van der Waals surface area contributed by atoms with Crippen LogP contribution in [0.1, 0.15) is 22.8 Å². The van der Waals surface area contributed by atoms with E-state index < -0.39 is 0 Å². The maximum Gasteiger partial charge on any atom is 0.161 e. The molecule has 0 atom stereocenters. The van der Waals surface area contributed by atoms with Crippen molar-refractivity contribution in [3.63, 3.8) is 0 Å². The fourth-order valence-electron chi connectivity index (χ4n) is 1.22. The molecule has 0 amide bonds. The lowest BCUT2D eigenvalue weighted by molar-refractivity contribution is 0.101. The predicted molar refractivity (Wildman–Crippen MR) is 58.3 cm³/mol. The summed E-state index contributed by atoms with van der Waals surface area (Å²) in [5, 5.41) is 0. The molecule has 1 rings (SSSR count). The van der Waals surface area contributed by atoms with Crippen LogP contribution in [0.5, 0.6) is 0 Å². The van der Waals surface area contributed by atoms with Crippen LogP contribution in [0.4, 0.5) is 5.69 Å². The number of halogens is 1. The molecule has 0 saturated heterocycles. The number of aryl methyl sites for hydroxylation is 1. The zero-order chi connectivity index (χ0) is 9.30. The quantitative estimate of drug-likeness (QED) is 0.486. The number of nitrogens with two attached hydrogens (primary N) is 1. The van der Waals surface area contributed by atoms with E-state index in [2.05, 4.69) is 22.6 Å². The van der Waals surface area contributed by atoms with E-state index >= 15 is 0 Å². The largest absolute Gasteiger partial charge is 0.399 e. The number of benzene rings is 1. The van der Waals surface area contributed by atoms with E-state index in [9.17, 15) is 4.79 Å². The lowest BCUT2D eigenvalue weighted by Gasteiger charge is -2.05. The number of Topliss-reactive ketones (excluding diaryl/α,β-unsaturated/α-hetero) is 1. The Morgan fingerprint density at radius 1 is 1.50 bits per heavy atom. The molecule has 64 valence electrons. The van der Waals surface area contributed by atoms with Gasteiger partial charge in [-0.05, 0) is 54.1 Å². The minimum atomic E-state index is 0.0944. The van der Waals surface area contributed by atoms with E-state index in [0.717, 1.165) is 14.7 Å². The Bertz CT molecular complexity index is 310. The van der Waals surface area contributed by atoms with Crippen LogP contribution in [0.3, 0.4) is 0 Å². The van der Waals surface area contributed by atoms with Crippen LogP contribution in [-0.4, -0.2) is 5.78 Å². The van der Waals surface area contributed by atoms with Gasteiger partial charge in [0, 0.05) is 14.8 Å². The van der Waals surface area contributed by atoms with Crippen molar-refractivity contribution in [3.8, 4) is 0 Å². The summed E-state index contributed by atoms with van der Waals surface area (Å²) in [6.07, 6.45) is 0. The summed E-state index contributed by atoms with van der Waals surface area (Å²) in [5.41, 5.74) is 8.06. The Morgan fingerprint density at radius 3 is 2.50 bits per heavy atom. The van der Waals surface area contributed by atoms with E-state index in [1.54, 1.807) is 6.92 Å². The van der Waals surface area contributed by atoms with Crippen LogP contribution < -0.4 is 5.73 Å². The molecule has 0 bridgehead atoms. The second-order valence-corrected chi connectivity index (χ2v) is 3.91. The maximum atomic E-state index is 11.2. The Morgan fingerprint density at radius 2 is 2.08 bits per heavy atom. The van der Waals surface area contributed by atoms with Crippen LogP contribution in [0.25, 0.3) is 0 Å². The molecule has 0 spiro atoms. The highest BCUT2D eigenvalue weighted by Gasteiger charge is 2.08. The van der Waals surface area contributed by atoms with Gasteiger partial charge in [0.05, 0.1) is 0 Å². The summed E-state index contributed by atoms with van der Waals surface area (Å²) < 4.78 is 0.928. The summed E-state index contributed by atoms with van der Waals surface area (Å²) in [4.78, 5) is 11.2. The van der Waals surface area contributed by atoms with Crippen LogP contribution in [-0.2, 0) is 0 Å². The topological polar surface area (TPSA) is 43.1 Å². The first-order valence-corrected chi connectivity index (χ1v) is 4.67. The minimum Gasteiger partial charge on any atom is -0.399 e. The van der Waals surface area contributed by atoms with E-state index in [1.807, 2.05) is 19.1 Å². The Kier molecular flexibility index (Phi) is 2.72. The molecule has 1 aromatic rings. The summed E-state index contributed by atoms with van der Waals surface area (Å²) >= 11 is 2.13. The molecule has 0 saturated carbocycles. The smallest absolute Gasteiger partial charge is 0.161 e. The molecular formula is C9H10INO. The van der Waals surface area contributed by atoms with Gasteiger partial charge in [-0.1, -0.05) is 0 Å². The predicted octanol–water partition coefficient (Wildman–Crippen LogP) is 2.38. The SMILES string of the molecule is CC(=O)c1c(C)cc(N)cc1I. The fourth-order valence-corrected chi connectivity index (χ4v) is 2.38. The summed E-state index contributed by atoms with van der Waals surface area (Å²) in [7, 11) is 0. The highest BCUT2D eigenvalue weighted by molar-refractivity contribution is 14.1. The van der Waals surface area contributed by atoms with Gasteiger partial charge < -0.3 is 5.73 Å². The monoisotopic (exact) mass is 275 g/mol. The first-order chi connectivity index (χ1) is 5.52. The number of carbonyl (C=O) groups excluding carboxylic acids is 1. The van der Waals surface area contributed by atoms with Crippen LogP contribution in [0.2, 0.25) is 0 Å². The molecular weight excluding hydrogens is 265 g/mol. The highest BCUT2D eigenvalue weighted by Crippen LogP contribution is 2.20. The highest BCUT2D eigenvalue weighted by atomic mass is 127. The van der Waals surface area contributed by atoms with E-state index in [4.69, 9.17) is 5.73 Å². The number of hydrogen-bond donors (Lipinski definition) is 1. The molecule has 2 N–H and O–H groups in total. The molecule has 0 aliphatic heterocycles. The molecule has 0 radical (unpaired) electrons. The number of nitrogen functional groups attached to an aromatic ring is 1. The summed E-state index contributed by atoms with van der Waals surface area (Å²) in [5.74, 6) is 0.0944. The molecule has 0 aliphatic carbocycles. The van der Waals surface area contributed by atoms with Crippen LogP contribution in [0.15, 0.2) is 12.1 Å². The van der Waals surface area contributed by atoms with Crippen molar-refractivity contribution in [1.29, 1.82) is 0 Å². The number of carbonyl (C=O) groups is 1. The number of hydrogen-bond acceptors (Lipinski definition) is 2. The average molecular weight is 275 g/mol. The van der Waals surface area contributed by atoms with Gasteiger partial charge in [-0.25, -0.2) is 0 Å². The minimum absolute atomic E-state index is 0.0944. The standard InChI is InChI=1S/C9H10INO/c1-5-3-7(11)4-8(10)9(5)6(2)12/h3-4H,11H2,1-2H3. The zero-order valence-corrected chi connectivity index (χ0v) is 9.18. The zero-order valence-electron chi connectivity index (χ0n) is 7.02. The average Bonchev–Trinajstić information content (AvgIpc) is 1.82. The second-order valence-electron chi connectivity index (χ2n) is 2.75. The van der Waals surface area contributed by atoms with Gasteiger partial charge >= 0.3 is 0 Å². The molecule has 0 aliphatic rings. The van der Waals surface area contributed by atoms with Crippen molar-refractivity contribution in [2.24, 2.45) is 0 Å². The Hall–Kier alpha value is -0.580. The molecule has 12 heavy (non-hydrogen) atoms. The molecule has 0 unspecified atom stereocenters. The third-order valence-corrected chi connectivity index (χ3v) is 2.51. The van der Waals surface area contributed by atoms with Gasteiger partial charge in [-0.2, -0.15) is 0 Å². The molecule has 3 heteroatoms. The number of rotatable bonds is 1. The first kappa shape index (κ1) is 9.51. The molecule has 0 aromatic heterocycles. The van der Waals surface area contributed by atoms with Crippen molar-refractivity contribution < 1.29 is 4.79 Å². The molecule has 1 aromatic carbocycles. The van der Waals surface area contributed by atoms with E-state index in [0.29, 0.717) is 5.69 Å². The third kappa shape index (κ3) is 1.77. The van der Waals surface area contributed by atoms with E-state index in [-0.39, 0.29) is 5.78 Å². The molecule has 2 nitrogen and oxygen atoms in total. The lowest BCUT2D eigenvalue weighted by atomic mass is 10.1. The van der Waals surface area contributed by atoms with Gasteiger partial charge in [0.2, 0.25) is 0 Å². The van der Waals surface area contributed by atoms with Crippen molar-refractivity contribution in [1.82, 2.24) is 0 Å². The second kappa shape index (κ2) is 3.43. The van der Waals surface area contributed by atoms with Crippen LogP contribution in [0, 0.1) is 10.5 Å². The lowest BCUT2D eigenvalue weighted by Crippen LogP contribution is -2.01. The number of anilines is 1. The third-order valence-electron chi connectivity index (χ3n) is 1.66. The summed E-state index contributed by atoms with van der Waals surface area (Å²) in [6, 6.07) is 3.63. The van der Waals surface area contributed by atoms with Crippen molar-refractivity contribution >= 4 is 34.1 Å². The van der Waals surface area contributed by atoms with Crippen molar-refractivity contribution in [3.05, 3.63) is 26.8 Å². The van der Waals surface area contributed by atoms with Gasteiger partial charge in [0.25, 0.3) is 0 Å². The Balaban J connectivity index is 3.38. The van der Waals surface area contributed by atoms with Gasteiger partial charge in [-0.15, -0.1) is 0 Å².